The minimum Gasteiger partial charge on any atom is -0.497 e. The molecular formula is C26H29NO6S. The van der Waals surface area contributed by atoms with Crippen LogP contribution in [0.1, 0.15) is 25.3 Å². The number of carbonyl (C=O) groups is 1. The Morgan fingerprint density at radius 3 is 1.97 bits per heavy atom. The Bertz CT molecular complexity index is 1170. The number of sulfonamides is 1. The predicted octanol–water partition coefficient (Wildman–Crippen LogP) is 4.98. The summed E-state index contributed by atoms with van der Waals surface area (Å²) in [6.45, 7) is 4.48. The van der Waals surface area contributed by atoms with Gasteiger partial charge in [0, 0.05) is 6.42 Å². The molecular weight excluding hydrogens is 454 g/mol. The summed E-state index contributed by atoms with van der Waals surface area (Å²) in [5.74, 6) is 1.42. The Balaban J connectivity index is 1.76. The molecule has 0 N–H and O–H groups in total. The Labute approximate surface area is 200 Å². The molecule has 0 aliphatic carbocycles. The number of benzene rings is 3. The van der Waals surface area contributed by atoms with Crippen LogP contribution >= 0.6 is 0 Å². The summed E-state index contributed by atoms with van der Waals surface area (Å²) in [4.78, 5) is 13.2. The monoisotopic (exact) mass is 483 g/mol. The van der Waals surface area contributed by atoms with Crippen molar-refractivity contribution < 1.29 is 27.4 Å². The molecule has 7 nitrogen and oxygen atoms in total. The van der Waals surface area contributed by atoms with E-state index in [1.807, 2.05) is 13.8 Å². The second-order valence-corrected chi connectivity index (χ2v) is 9.32. The van der Waals surface area contributed by atoms with Crippen LogP contribution in [-0.2, 0) is 14.8 Å². The lowest BCUT2D eigenvalue weighted by atomic mass is 10.2. The first-order chi connectivity index (χ1) is 16.3. The van der Waals surface area contributed by atoms with E-state index < -0.39 is 15.9 Å². The average molecular weight is 484 g/mol. The van der Waals surface area contributed by atoms with Crippen molar-refractivity contribution in [3.05, 3.63) is 78.4 Å². The summed E-state index contributed by atoms with van der Waals surface area (Å²) in [7, 11) is -2.52. The van der Waals surface area contributed by atoms with Crippen LogP contribution in [0.4, 0.5) is 5.69 Å². The van der Waals surface area contributed by atoms with Crippen molar-refractivity contribution >= 4 is 21.6 Å². The average Bonchev–Trinajstić information content (AvgIpc) is 2.84. The second-order valence-electron chi connectivity index (χ2n) is 7.53. The van der Waals surface area contributed by atoms with Gasteiger partial charge in [-0.2, -0.15) is 0 Å². The molecule has 0 fully saturated rings. The second kappa shape index (κ2) is 11.6. The Hall–Kier alpha value is -3.52. The van der Waals surface area contributed by atoms with E-state index in [2.05, 4.69) is 0 Å². The standard InChI is InChI=1S/C26H29NO6S/c1-4-32-23-11-9-21(10-12-23)27(34(29,30)25-17-7-20(2)8-18-25)26(28)6-5-19-33-24-15-13-22(31-3)14-16-24/h7-18H,4-6,19H2,1-3H3. The third-order valence-electron chi connectivity index (χ3n) is 5.03. The van der Waals surface area contributed by atoms with Crippen molar-refractivity contribution in [2.45, 2.75) is 31.6 Å². The molecule has 0 radical (unpaired) electrons. The molecule has 0 aromatic heterocycles. The van der Waals surface area contributed by atoms with Crippen LogP contribution in [0.3, 0.4) is 0 Å². The first-order valence-electron chi connectivity index (χ1n) is 11.0. The molecule has 0 saturated heterocycles. The highest BCUT2D eigenvalue weighted by Crippen LogP contribution is 2.27. The lowest BCUT2D eigenvalue weighted by molar-refractivity contribution is -0.117. The molecule has 0 bridgehead atoms. The van der Waals surface area contributed by atoms with E-state index >= 15 is 0 Å². The maximum absolute atomic E-state index is 13.4. The van der Waals surface area contributed by atoms with E-state index in [-0.39, 0.29) is 23.6 Å². The molecule has 3 aromatic rings. The number of anilines is 1. The maximum atomic E-state index is 13.4. The molecule has 0 aliphatic rings. The lowest BCUT2D eigenvalue weighted by Crippen LogP contribution is -2.37. The summed E-state index contributed by atoms with van der Waals surface area (Å²) in [5.41, 5.74) is 1.18. The highest BCUT2D eigenvalue weighted by Gasteiger charge is 2.30. The van der Waals surface area contributed by atoms with E-state index in [0.29, 0.717) is 24.5 Å². The number of hydrogen-bond donors (Lipinski definition) is 0. The molecule has 0 atom stereocenters. The maximum Gasteiger partial charge on any atom is 0.270 e. The van der Waals surface area contributed by atoms with Crippen LogP contribution in [0.25, 0.3) is 0 Å². The zero-order valence-corrected chi connectivity index (χ0v) is 20.4. The quantitative estimate of drug-likeness (QED) is 0.358. The van der Waals surface area contributed by atoms with Crippen molar-refractivity contribution in [2.75, 3.05) is 24.6 Å². The molecule has 0 spiro atoms. The van der Waals surface area contributed by atoms with E-state index in [0.717, 1.165) is 15.6 Å². The van der Waals surface area contributed by atoms with Crippen molar-refractivity contribution in [2.24, 2.45) is 0 Å². The minimum atomic E-state index is -4.10. The smallest absolute Gasteiger partial charge is 0.270 e. The molecule has 180 valence electrons. The van der Waals surface area contributed by atoms with Gasteiger partial charge in [-0.3, -0.25) is 4.79 Å². The highest BCUT2D eigenvalue weighted by molar-refractivity contribution is 7.93. The first kappa shape index (κ1) is 25.1. The molecule has 0 saturated carbocycles. The first-order valence-corrected chi connectivity index (χ1v) is 12.4. The van der Waals surface area contributed by atoms with Gasteiger partial charge in [-0.15, -0.1) is 0 Å². The summed E-state index contributed by atoms with van der Waals surface area (Å²) in [6.07, 6.45) is 0.344. The van der Waals surface area contributed by atoms with Gasteiger partial charge in [-0.05, 0) is 80.9 Å². The molecule has 0 heterocycles. The third-order valence-corrected chi connectivity index (χ3v) is 6.79. The van der Waals surface area contributed by atoms with Gasteiger partial charge in [0.1, 0.15) is 17.2 Å². The zero-order chi connectivity index (χ0) is 24.6. The molecule has 0 aliphatic heterocycles. The van der Waals surface area contributed by atoms with Crippen molar-refractivity contribution in [1.82, 2.24) is 0 Å². The van der Waals surface area contributed by atoms with Gasteiger partial charge in [0.2, 0.25) is 5.91 Å². The lowest BCUT2D eigenvalue weighted by Gasteiger charge is -2.23. The minimum absolute atomic E-state index is 0.00550. The Morgan fingerprint density at radius 1 is 0.824 bits per heavy atom. The molecule has 8 heteroatoms. The fourth-order valence-corrected chi connectivity index (χ4v) is 4.71. The number of nitrogens with zero attached hydrogens (tertiary/aromatic N) is 1. The SMILES string of the molecule is CCOc1ccc(N(C(=O)CCCOc2ccc(OC)cc2)S(=O)(=O)c2ccc(C)cc2)cc1. The topological polar surface area (TPSA) is 82.1 Å². The fourth-order valence-electron chi connectivity index (χ4n) is 3.26. The fraction of sp³-hybridized carbons (Fsp3) is 0.269. The summed E-state index contributed by atoms with van der Waals surface area (Å²) < 4.78 is 44.0. The molecule has 34 heavy (non-hydrogen) atoms. The van der Waals surface area contributed by atoms with E-state index in [1.165, 1.54) is 12.1 Å². The van der Waals surface area contributed by atoms with Crippen LogP contribution in [0.15, 0.2) is 77.7 Å². The summed E-state index contributed by atoms with van der Waals surface area (Å²) in [5, 5.41) is 0. The normalized spacial score (nSPS) is 11.0. The number of amides is 1. The Kier molecular flexibility index (Phi) is 8.54. The van der Waals surface area contributed by atoms with Crippen LogP contribution in [0, 0.1) is 6.92 Å². The molecule has 3 aromatic carbocycles. The van der Waals surface area contributed by atoms with E-state index in [1.54, 1.807) is 67.8 Å². The predicted molar refractivity (Wildman–Crippen MR) is 131 cm³/mol. The number of hydrogen-bond acceptors (Lipinski definition) is 6. The van der Waals surface area contributed by atoms with E-state index in [4.69, 9.17) is 14.2 Å². The van der Waals surface area contributed by atoms with Crippen LogP contribution in [-0.4, -0.2) is 34.6 Å². The summed E-state index contributed by atoms with van der Waals surface area (Å²) in [6, 6.07) is 20.0. The van der Waals surface area contributed by atoms with Gasteiger partial charge in [0.15, 0.2) is 0 Å². The zero-order valence-electron chi connectivity index (χ0n) is 19.6. The summed E-state index contributed by atoms with van der Waals surface area (Å²) >= 11 is 0. The van der Waals surface area contributed by atoms with Gasteiger partial charge in [0.25, 0.3) is 10.0 Å². The van der Waals surface area contributed by atoms with Crippen molar-refractivity contribution in [1.29, 1.82) is 0 Å². The molecule has 0 unspecified atom stereocenters. The van der Waals surface area contributed by atoms with Crippen molar-refractivity contribution in [3.63, 3.8) is 0 Å². The van der Waals surface area contributed by atoms with Gasteiger partial charge in [-0.25, -0.2) is 12.7 Å². The number of rotatable bonds is 11. The molecule has 3 rings (SSSR count). The third kappa shape index (κ3) is 6.29. The van der Waals surface area contributed by atoms with Crippen LogP contribution in [0.2, 0.25) is 0 Å². The number of ether oxygens (including phenoxy) is 3. The number of methoxy groups -OCH3 is 1. The van der Waals surface area contributed by atoms with E-state index in [9.17, 15) is 13.2 Å². The van der Waals surface area contributed by atoms with Gasteiger partial charge >= 0.3 is 0 Å². The number of carbonyl (C=O) groups excluding carboxylic acids is 1. The van der Waals surface area contributed by atoms with Gasteiger partial charge < -0.3 is 14.2 Å². The highest BCUT2D eigenvalue weighted by atomic mass is 32.2. The molecule has 1 amide bonds. The largest absolute Gasteiger partial charge is 0.497 e. The van der Waals surface area contributed by atoms with Crippen LogP contribution in [0.5, 0.6) is 17.2 Å². The van der Waals surface area contributed by atoms with Crippen molar-refractivity contribution in [3.8, 4) is 17.2 Å². The van der Waals surface area contributed by atoms with Crippen LogP contribution < -0.4 is 18.5 Å². The Morgan fingerprint density at radius 2 is 1.38 bits per heavy atom. The van der Waals surface area contributed by atoms with Gasteiger partial charge in [-0.1, -0.05) is 17.7 Å². The number of aryl methyl sites for hydroxylation is 1. The van der Waals surface area contributed by atoms with Gasteiger partial charge in [0.05, 0.1) is 30.9 Å².